The highest BCUT2D eigenvalue weighted by atomic mass is 35.5. The maximum atomic E-state index is 9.43. The van der Waals surface area contributed by atoms with E-state index in [1.807, 2.05) is 6.92 Å². The van der Waals surface area contributed by atoms with Crippen molar-refractivity contribution in [3.05, 3.63) is 35.4 Å². The molecule has 2 nitrogen and oxygen atoms in total. The first-order valence-electron chi connectivity index (χ1n) is 4.33. The van der Waals surface area contributed by atoms with E-state index in [2.05, 4.69) is 6.92 Å². The molecule has 0 aliphatic heterocycles. The zero-order valence-corrected chi connectivity index (χ0v) is 8.56. The number of phenolic OH excluding ortho intramolecular Hbond substituents is 1. The topological polar surface area (TPSA) is 33.4 Å². The Morgan fingerprint density at radius 3 is 2.86 bits per heavy atom. The molecule has 3 heteroatoms. The van der Waals surface area contributed by atoms with Gasteiger partial charge >= 0.3 is 0 Å². The number of fused-ring (bicyclic) bond motifs is 1. The van der Waals surface area contributed by atoms with Crippen molar-refractivity contribution >= 4 is 22.6 Å². The van der Waals surface area contributed by atoms with Crippen LogP contribution < -0.4 is 0 Å². The summed E-state index contributed by atoms with van der Waals surface area (Å²) in [5, 5.41) is 10.6. The first kappa shape index (κ1) is 9.41. The van der Waals surface area contributed by atoms with E-state index < -0.39 is 0 Å². The van der Waals surface area contributed by atoms with E-state index in [-0.39, 0.29) is 5.75 Å². The van der Waals surface area contributed by atoms with Gasteiger partial charge in [0, 0.05) is 17.9 Å². The van der Waals surface area contributed by atoms with Crippen LogP contribution in [-0.2, 0) is 6.42 Å². The summed E-state index contributed by atoms with van der Waals surface area (Å²) in [4.78, 5) is 0. The lowest BCUT2D eigenvalue weighted by atomic mass is 10.1. The summed E-state index contributed by atoms with van der Waals surface area (Å²) >= 11 is 5.77. The first-order chi connectivity index (χ1) is 6.63. The summed E-state index contributed by atoms with van der Waals surface area (Å²) in [5.74, 6) is 0.917. The predicted octanol–water partition coefficient (Wildman–Crippen LogP) is 3.48. The second kappa shape index (κ2) is 3.21. The van der Waals surface area contributed by atoms with Crippen molar-refractivity contribution in [2.24, 2.45) is 0 Å². The van der Waals surface area contributed by atoms with Gasteiger partial charge < -0.3 is 9.52 Å². The smallest absolute Gasteiger partial charge is 0.136 e. The number of rotatable bonds is 1. The number of benzene rings is 1. The number of hydrogen-bond donors (Lipinski definition) is 1. The zero-order chi connectivity index (χ0) is 10.3. The number of furan rings is 1. The van der Waals surface area contributed by atoms with Gasteiger partial charge in [-0.1, -0.05) is 11.6 Å². The number of aryl methyl sites for hydroxylation is 1. The van der Waals surface area contributed by atoms with Crippen LogP contribution in [0, 0.1) is 13.8 Å². The van der Waals surface area contributed by atoms with Crippen molar-refractivity contribution in [1.29, 1.82) is 0 Å². The molecule has 0 saturated heterocycles. The van der Waals surface area contributed by atoms with Crippen LogP contribution in [0.1, 0.15) is 11.3 Å². The average Bonchev–Trinajstić information content (AvgIpc) is 2.45. The third-order valence-corrected chi connectivity index (χ3v) is 2.63. The Morgan fingerprint density at radius 2 is 2.21 bits per heavy atom. The van der Waals surface area contributed by atoms with E-state index in [0.717, 1.165) is 16.7 Å². The average molecular weight is 210 g/mol. The molecule has 1 aromatic heterocycles. The Balaban J connectivity index is 2.80. The highest BCUT2D eigenvalue weighted by molar-refractivity contribution is 6.32. The Kier molecular flexibility index (Phi) is 2.16. The van der Waals surface area contributed by atoms with Crippen molar-refractivity contribution in [3.63, 3.8) is 0 Å². The van der Waals surface area contributed by atoms with Gasteiger partial charge in [0.15, 0.2) is 0 Å². The molecule has 2 rings (SSSR count). The maximum Gasteiger partial charge on any atom is 0.136 e. The molecular weight excluding hydrogens is 200 g/mol. The molecule has 0 bridgehead atoms. The molecule has 2 aromatic rings. The first-order valence-corrected chi connectivity index (χ1v) is 4.71. The molecule has 0 aliphatic carbocycles. The quantitative estimate of drug-likeness (QED) is 0.780. The molecular formula is C11H10ClO2. The largest absolute Gasteiger partial charge is 0.506 e. The fourth-order valence-corrected chi connectivity index (χ4v) is 1.67. The van der Waals surface area contributed by atoms with E-state index in [1.54, 1.807) is 12.1 Å². The van der Waals surface area contributed by atoms with Crippen LogP contribution in [0.2, 0.25) is 5.02 Å². The van der Waals surface area contributed by atoms with Crippen LogP contribution in [-0.4, -0.2) is 5.11 Å². The summed E-state index contributed by atoms with van der Waals surface area (Å²) < 4.78 is 5.53. The van der Waals surface area contributed by atoms with Crippen LogP contribution >= 0.6 is 11.6 Å². The molecule has 1 heterocycles. The molecule has 0 fully saturated rings. The minimum absolute atomic E-state index is 0.0821. The molecule has 0 amide bonds. The molecule has 0 spiro atoms. The van der Waals surface area contributed by atoms with Crippen LogP contribution in [0.25, 0.3) is 11.0 Å². The fourth-order valence-electron chi connectivity index (χ4n) is 1.52. The number of phenols is 1. The van der Waals surface area contributed by atoms with Gasteiger partial charge in [-0.25, -0.2) is 0 Å². The van der Waals surface area contributed by atoms with E-state index >= 15 is 0 Å². The Labute approximate surface area is 87.1 Å². The zero-order valence-electron chi connectivity index (χ0n) is 7.80. The highest BCUT2D eigenvalue weighted by Crippen LogP contribution is 2.33. The van der Waals surface area contributed by atoms with Crippen LogP contribution in [0.5, 0.6) is 5.75 Å². The minimum atomic E-state index is 0.0821. The Morgan fingerprint density at radius 1 is 1.50 bits per heavy atom. The van der Waals surface area contributed by atoms with Crippen LogP contribution in [0.4, 0.5) is 0 Å². The van der Waals surface area contributed by atoms with Crippen molar-refractivity contribution in [1.82, 2.24) is 0 Å². The lowest BCUT2D eigenvalue weighted by Gasteiger charge is -1.95. The number of hydrogen-bond acceptors (Lipinski definition) is 2. The normalized spacial score (nSPS) is 11.1. The molecule has 1 radical (unpaired) electrons. The van der Waals surface area contributed by atoms with Gasteiger partial charge in [-0.3, -0.25) is 0 Å². The molecule has 1 N–H and O–H groups in total. The standard InChI is InChI=1S/C11H10ClO2/c1-3-10-6(2)7-4-9(13)8(12)5-11(7)14-10/h4-5,13H,1,3H2,2H3. The molecule has 73 valence electrons. The third kappa shape index (κ3) is 1.26. The van der Waals surface area contributed by atoms with Crippen molar-refractivity contribution in [2.45, 2.75) is 13.3 Å². The molecule has 0 saturated carbocycles. The SMILES string of the molecule is [CH2]Cc1oc2cc(Cl)c(O)cc2c1C. The maximum absolute atomic E-state index is 9.43. The van der Waals surface area contributed by atoms with Gasteiger partial charge in [0.1, 0.15) is 17.1 Å². The van der Waals surface area contributed by atoms with Gasteiger partial charge in [-0.15, -0.1) is 0 Å². The van der Waals surface area contributed by atoms with Gasteiger partial charge in [0.25, 0.3) is 0 Å². The summed E-state index contributed by atoms with van der Waals surface area (Å²) in [6.07, 6.45) is 0.596. The van der Waals surface area contributed by atoms with E-state index in [1.165, 1.54) is 0 Å². The second-order valence-corrected chi connectivity index (χ2v) is 3.61. The van der Waals surface area contributed by atoms with Gasteiger partial charge in [-0.2, -0.15) is 0 Å². The fraction of sp³-hybridized carbons (Fsp3) is 0.182. The summed E-state index contributed by atoms with van der Waals surface area (Å²) in [7, 11) is 0. The molecule has 0 unspecified atom stereocenters. The van der Waals surface area contributed by atoms with Crippen molar-refractivity contribution < 1.29 is 9.52 Å². The summed E-state index contributed by atoms with van der Waals surface area (Å²) in [6.45, 7) is 5.71. The van der Waals surface area contributed by atoms with Gasteiger partial charge in [0.05, 0.1) is 5.02 Å². The van der Waals surface area contributed by atoms with Gasteiger partial charge in [0.2, 0.25) is 0 Å². The molecule has 1 aromatic carbocycles. The lowest BCUT2D eigenvalue weighted by molar-refractivity contribution is 0.476. The van der Waals surface area contributed by atoms with E-state index in [0.29, 0.717) is 17.0 Å². The van der Waals surface area contributed by atoms with Crippen molar-refractivity contribution in [2.75, 3.05) is 0 Å². The summed E-state index contributed by atoms with van der Waals surface area (Å²) in [5.41, 5.74) is 1.71. The van der Waals surface area contributed by atoms with Crippen LogP contribution in [0.3, 0.4) is 0 Å². The molecule has 0 aliphatic rings. The monoisotopic (exact) mass is 209 g/mol. The van der Waals surface area contributed by atoms with Crippen molar-refractivity contribution in [3.8, 4) is 5.75 Å². The van der Waals surface area contributed by atoms with Crippen LogP contribution in [0.15, 0.2) is 16.5 Å². The predicted molar refractivity (Wildman–Crippen MR) is 56.7 cm³/mol. The molecule has 14 heavy (non-hydrogen) atoms. The Hall–Kier alpha value is -1.15. The number of halogens is 1. The molecule has 0 atom stereocenters. The lowest BCUT2D eigenvalue weighted by Crippen LogP contribution is -1.77. The Bertz CT molecular complexity index is 485. The minimum Gasteiger partial charge on any atom is -0.506 e. The summed E-state index contributed by atoms with van der Waals surface area (Å²) in [6, 6.07) is 3.24. The van der Waals surface area contributed by atoms with Gasteiger partial charge in [-0.05, 0) is 25.5 Å². The van der Waals surface area contributed by atoms with E-state index in [4.69, 9.17) is 16.0 Å². The van der Waals surface area contributed by atoms with E-state index in [9.17, 15) is 5.11 Å². The highest BCUT2D eigenvalue weighted by Gasteiger charge is 2.11. The second-order valence-electron chi connectivity index (χ2n) is 3.20. The number of aromatic hydroxyl groups is 1. The third-order valence-electron chi connectivity index (χ3n) is 2.33.